The lowest BCUT2D eigenvalue weighted by Gasteiger charge is -2.19. The number of hydrogen-bond acceptors (Lipinski definition) is 3. The molecular formula is C22H24N4O2. The van der Waals surface area contributed by atoms with E-state index in [-0.39, 0.29) is 17.2 Å². The summed E-state index contributed by atoms with van der Waals surface area (Å²) in [7, 11) is 0. The second kappa shape index (κ2) is 6.78. The first-order valence-corrected chi connectivity index (χ1v) is 9.49. The van der Waals surface area contributed by atoms with Crippen LogP contribution in [0.1, 0.15) is 43.1 Å². The van der Waals surface area contributed by atoms with Gasteiger partial charge in [0.15, 0.2) is 0 Å². The molecule has 0 spiro atoms. The molecule has 1 unspecified atom stereocenters. The van der Waals surface area contributed by atoms with Crippen molar-refractivity contribution in [2.24, 2.45) is 0 Å². The molecule has 4 rings (SSSR count). The molecule has 1 fully saturated rings. The Hall–Kier alpha value is -3.15. The number of aromatic nitrogens is 2. The van der Waals surface area contributed by atoms with E-state index in [2.05, 4.69) is 60.7 Å². The maximum atomic E-state index is 12.6. The first-order valence-electron chi connectivity index (χ1n) is 9.49. The van der Waals surface area contributed by atoms with E-state index in [9.17, 15) is 9.59 Å². The molecule has 2 amide bonds. The Bertz CT molecular complexity index is 1040. The highest BCUT2D eigenvalue weighted by molar-refractivity contribution is 5.98. The highest BCUT2D eigenvalue weighted by atomic mass is 16.2. The number of fused-ring (bicyclic) bond motifs is 1. The Morgan fingerprint density at radius 2 is 1.93 bits per heavy atom. The van der Waals surface area contributed by atoms with Crippen LogP contribution < -0.4 is 10.6 Å². The van der Waals surface area contributed by atoms with Crippen molar-refractivity contribution in [1.82, 2.24) is 20.0 Å². The fourth-order valence-electron chi connectivity index (χ4n) is 3.44. The number of benzene rings is 1. The number of amides is 2. The average molecular weight is 376 g/mol. The molecule has 6 heteroatoms. The van der Waals surface area contributed by atoms with Crippen molar-refractivity contribution >= 4 is 17.5 Å². The Morgan fingerprint density at radius 1 is 1.18 bits per heavy atom. The summed E-state index contributed by atoms with van der Waals surface area (Å²) < 4.78 is 1.91. The molecule has 28 heavy (non-hydrogen) atoms. The maximum absolute atomic E-state index is 12.6. The van der Waals surface area contributed by atoms with Crippen LogP contribution in [-0.4, -0.2) is 33.8 Å². The normalized spacial score (nSPS) is 17.0. The molecule has 3 aromatic rings. The van der Waals surface area contributed by atoms with Crippen LogP contribution in [-0.2, 0) is 10.2 Å². The van der Waals surface area contributed by atoms with E-state index in [1.807, 2.05) is 16.7 Å². The summed E-state index contributed by atoms with van der Waals surface area (Å²) in [6.45, 7) is 7.15. The summed E-state index contributed by atoms with van der Waals surface area (Å²) in [5.41, 5.74) is 4.58. The number of hydrogen-bond donors (Lipinski definition) is 2. The van der Waals surface area contributed by atoms with Gasteiger partial charge in [-0.15, -0.1) is 0 Å². The van der Waals surface area contributed by atoms with Crippen molar-refractivity contribution in [3.8, 4) is 11.3 Å². The van der Waals surface area contributed by atoms with Gasteiger partial charge in [0.05, 0.1) is 17.5 Å². The third kappa shape index (κ3) is 3.38. The van der Waals surface area contributed by atoms with Gasteiger partial charge < -0.3 is 10.6 Å². The van der Waals surface area contributed by atoms with Crippen LogP contribution in [0.4, 0.5) is 0 Å². The van der Waals surface area contributed by atoms with Gasteiger partial charge in [0, 0.05) is 18.3 Å². The Morgan fingerprint density at radius 3 is 2.57 bits per heavy atom. The first kappa shape index (κ1) is 18.2. The van der Waals surface area contributed by atoms with Crippen LogP contribution >= 0.6 is 0 Å². The van der Waals surface area contributed by atoms with E-state index in [1.54, 1.807) is 12.3 Å². The predicted molar refractivity (Wildman–Crippen MR) is 108 cm³/mol. The van der Waals surface area contributed by atoms with Gasteiger partial charge in [0.1, 0.15) is 11.7 Å². The van der Waals surface area contributed by atoms with E-state index in [0.717, 1.165) is 16.9 Å². The van der Waals surface area contributed by atoms with E-state index in [1.165, 1.54) is 5.56 Å². The van der Waals surface area contributed by atoms with Gasteiger partial charge in [0.2, 0.25) is 5.91 Å². The lowest BCUT2D eigenvalue weighted by molar-refractivity contribution is -0.120. The Balaban J connectivity index is 1.64. The standard InChI is InChI=1S/C22H24N4O2/c1-22(2,3)16-7-4-14(5-8-16)18-12-24-19-9-6-15(13-26(18)19)20(27)25-17-10-11-23-21(17)28/h4-9,12-13,17H,10-11H2,1-3H3,(H,23,28)(H,25,27). The number of nitrogens with one attached hydrogen (secondary N) is 2. The smallest absolute Gasteiger partial charge is 0.253 e. The van der Waals surface area contributed by atoms with Crippen LogP contribution in [0.15, 0.2) is 48.8 Å². The topological polar surface area (TPSA) is 75.5 Å². The Kier molecular flexibility index (Phi) is 4.41. The van der Waals surface area contributed by atoms with E-state index in [4.69, 9.17) is 0 Å². The number of pyridine rings is 1. The van der Waals surface area contributed by atoms with Crippen LogP contribution in [0.5, 0.6) is 0 Å². The second-order valence-corrected chi connectivity index (χ2v) is 8.22. The monoisotopic (exact) mass is 376 g/mol. The van der Waals surface area contributed by atoms with Gasteiger partial charge in [-0.2, -0.15) is 0 Å². The Labute approximate surface area is 164 Å². The number of carbonyl (C=O) groups excluding carboxylic acids is 2. The first-order chi connectivity index (χ1) is 13.3. The molecule has 0 saturated carbocycles. The zero-order valence-electron chi connectivity index (χ0n) is 16.3. The molecule has 144 valence electrons. The summed E-state index contributed by atoms with van der Waals surface area (Å²) in [5, 5.41) is 5.53. The summed E-state index contributed by atoms with van der Waals surface area (Å²) in [5.74, 6) is -0.386. The molecule has 0 bridgehead atoms. The molecule has 1 aliphatic heterocycles. The van der Waals surface area contributed by atoms with Gasteiger partial charge in [-0.05, 0) is 29.5 Å². The van der Waals surface area contributed by atoms with Gasteiger partial charge in [0.25, 0.3) is 5.91 Å². The molecule has 0 radical (unpaired) electrons. The van der Waals surface area contributed by atoms with Crippen molar-refractivity contribution < 1.29 is 9.59 Å². The van der Waals surface area contributed by atoms with Crippen LogP contribution in [0.25, 0.3) is 16.9 Å². The third-order valence-corrected chi connectivity index (χ3v) is 5.17. The highest BCUT2D eigenvalue weighted by Crippen LogP contribution is 2.27. The van der Waals surface area contributed by atoms with Crippen molar-refractivity contribution in [3.63, 3.8) is 0 Å². The van der Waals surface area contributed by atoms with Gasteiger partial charge >= 0.3 is 0 Å². The second-order valence-electron chi connectivity index (χ2n) is 8.22. The molecular weight excluding hydrogens is 352 g/mol. The molecule has 1 saturated heterocycles. The SMILES string of the molecule is CC(C)(C)c1ccc(-c2cnc3ccc(C(=O)NC4CCNC4=O)cn23)cc1. The summed E-state index contributed by atoms with van der Waals surface area (Å²) in [6, 6.07) is 11.5. The predicted octanol–water partition coefficient (Wildman–Crippen LogP) is 2.92. The maximum Gasteiger partial charge on any atom is 0.253 e. The zero-order chi connectivity index (χ0) is 19.9. The van der Waals surface area contributed by atoms with Crippen molar-refractivity contribution in [1.29, 1.82) is 0 Å². The van der Waals surface area contributed by atoms with E-state index < -0.39 is 6.04 Å². The summed E-state index contributed by atoms with van der Waals surface area (Å²) in [6.07, 6.45) is 4.20. The number of imidazole rings is 1. The highest BCUT2D eigenvalue weighted by Gasteiger charge is 2.26. The molecule has 1 aliphatic rings. The minimum Gasteiger partial charge on any atom is -0.354 e. The average Bonchev–Trinajstić information content (AvgIpc) is 3.27. The number of rotatable bonds is 3. The fraction of sp³-hybridized carbons (Fsp3) is 0.318. The molecule has 2 aromatic heterocycles. The molecule has 0 aliphatic carbocycles. The van der Waals surface area contributed by atoms with Gasteiger partial charge in [-0.1, -0.05) is 45.0 Å². The minimum absolute atomic E-state index is 0.0931. The molecule has 1 atom stereocenters. The number of nitrogens with zero attached hydrogens (tertiary/aromatic N) is 2. The third-order valence-electron chi connectivity index (χ3n) is 5.17. The van der Waals surface area contributed by atoms with Crippen molar-refractivity contribution in [2.45, 2.75) is 38.6 Å². The lowest BCUT2D eigenvalue weighted by atomic mass is 9.86. The zero-order valence-corrected chi connectivity index (χ0v) is 16.3. The van der Waals surface area contributed by atoms with Gasteiger partial charge in [-0.3, -0.25) is 14.0 Å². The summed E-state index contributed by atoms with van der Waals surface area (Å²) in [4.78, 5) is 28.7. The fourth-order valence-corrected chi connectivity index (χ4v) is 3.44. The van der Waals surface area contributed by atoms with Gasteiger partial charge in [-0.25, -0.2) is 4.98 Å². The molecule has 1 aromatic carbocycles. The largest absolute Gasteiger partial charge is 0.354 e. The van der Waals surface area contributed by atoms with Crippen molar-refractivity contribution in [3.05, 3.63) is 59.9 Å². The molecule has 2 N–H and O–H groups in total. The van der Waals surface area contributed by atoms with Crippen LogP contribution in [0.2, 0.25) is 0 Å². The molecule has 6 nitrogen and oxygen atoms in total. The van der Waals surface area contributed by atoms with Crippen LogP contribution in [0, 0.1) is 0 Å². The van der Waals surface area contributed by atoms with Crippen molar-refractivity contribution in [2.75, 3.05) is 6.54 Å². The minimum atomic E-state index is -0.463. The lowest BCUT2D eigenvalue weighted by Crippen LogP contribution is -2.40. The van der Waals surface area contributed by atoms with E-state index >= 15 is 0 Å². The number of carbonyl (C=O) groups is 2. The summed E-state index contributed by atoms with van der Waals surface area (Å²) >= 11 is 0. The van der Waals surface area contributed by atoms with Crippen LogP contribution in [0.3, 0.4) is 0 Å². The van der Waals surface area contributed by atoms with E-state index in [0.29, 0.717) is 18.5 Å². The quantitative estimate of drug-likeness (QED) is 0.738. The molecule has 3 heterocycles.